The SMILES string of the molecule is Cc1cc2cc(N)ccc2n1C(=O)c1ccn2c(C)nnc2c1. The third kappa shape index (κ3) is 1.99. The second-order valence-corrected chi connectivity index (χ2v) is 5.64. The minimum Gasteiger partial charge on any atom is -0.399 e. The van der Waals surface area contributed by atoms with Crippen molar-refractivity contribution in [2.75, 3.05) is 5.73 Å². The number of hydrogen-bond donors (Lipinski definition) is 1. The average Bonchev–Trinajstić information content (AvgIpc) is 3.05. The number of aromatic nitrogens is 4. The van der Waals surface area contributed by atoms with Crippen LogP contribution in [0.1, 0.15) is 21.9 Å². The number of aryl methyl sites for hydroxylation is 2. The van der Waals surface area contributed by atoms with E-state index >= 15 is 0 Å². The standard InChI is InChI=1S/C17H15N5O/c1-10-7-13-8-14(18)3-4-15(13)22(10)17(23)12-5-6-21-11(2)19-20-16(21)9-12/h3-9H,18H2,1-2H3. The van der Waals surface area contributed by atoms with E-state index in [-0.39, 0.29) is 5.91 Å². The van der Waals surface area contributed by atoms with Gasteiger partial charge < -0.3 is 5.73 Å². The van der Waals surface area contributed by atoms with Crippen LogP contribution in [0.15, 0.2) is 42.6 Å². The zero-order valence-corrected chi connectivity index (χ0v) is 12.8. The molecule has 4 rings (SSSR count). The number of benzene rings is 1. The molecule has 0 aliphatic heterocycles. The number of hydrogen-bond acceptors (Lipinski definition) is 4. The van der Waals surface area contributed by atoms with Gasteiger partial charge in [0, 0.05) is 28.5 Å². The molecule has 0 aliphatic rings. The van der Waals surface area contributed by atoms with Crippen LogP contribution in [-0.2, 0) is 0 Å². The molecule has 114 valence electrons. The maximum Gasteiger partial charge on any atom is 0.262 e. The van der Waals surface area contributed by atoms with E-state index in [9.17, 15) is 4.79 Å². The third-order valence-corrected chi connectivity index (χ3v) is 4.04. The molecular formula is C17H15N5O. The van der Waals surface area contributed by atoms with E-state index in [4.69, 9.17) is 5.73 Å². The molecule has 0 unspecified atom stereocenters. The van der Waals surface area contributed by atoms with Crippen LogP contribution >= 0.6 is 0 Å². The highest BCUT2D eigenvalue weighted by Gasteiger charge is 2.16. The van der Waals surface area contributed by atoms with Gasteiger partial charge in [-0.3, -0.25) is 13.8 Å². The zero-order chi connectivity index (χ0) is 16.1. The van der Waals surface area contributed by atoms with Crippen LogP contribution in [-0.4, -0.2) is 25.1 Å². The van der Waals surface area contributed by atoms with Crippen molar-refractivity contribution in [3.63, 3.8) is 0 Å². The van der Waals surface area contributed by atoms with Crippen molar-refractivity contribution in [2.24, 2.45) is 0 Å². The molecule has 2 N–H and O–H groups in total. The Kier molecular flexibility index (Phi) is 2.74. The number of carbonyl (C=O) groups is 1. The highest BCUT2D eigenvalue weighted by Crippen LogP contribution is 2.23. The molecule has 6 nitrogen and oxygen atoms in total. The second-order valence-electron chi connectivity index (χ2n) is 5.64. The summed E-state index contributed by atoms with van der Waals surface area (Å²) in [5, 5.41) is 9.04. The molecule has 3 aromatic heterocycles. The van der Waals surface area contributed by atoms with Gasteiger partial charge in [0.15, 0.2) is 5.65 Å². The van der Waals surface area contributed by atoms with Crippen LogP contribution in [0.5, 0.6) is 0 Å². The summed E-state index contributed by atoms with van der Waals surface area (Å²) in [5.41, 5.74) is 9.45. The molecule has 6 heteroatoms. The Morgan fingerprint density at radius 1 is 1.09 bits per heavy atom. The zero-order valence-electron chi connectivity index (χ0n) is 12.8. The summed E-state index contributed by atoms with van der Waals surface area (Å²) < 4.78 is 3.54. The number of anilines is 1. The summed E-state index contributed by atoms with van der Waals surface area (Å²) in [4.78, 5) is 13.0. The predicted molar refractivity (Wildman–Crippen MR) is 88.5 cm³/mol. The van der Waals surface area contributed by atoms with Crippen LogP contribution in [0.4, 0.5) is 5.69 Å². The van der Waals surface area contributed by atoms with Crippen LogP contribution in [0.3, 0.4) is 0 Å². The van der Waals surface area contributed by atoms with E-state index in [1.165, 1.54) is 0 Å². The first-order chi connectivity index (χ1) is 11.0. The molecule has 0 amide bonds. The third-order valence-electron chi connectivity index (χ3n) is 4.04. The largest absolute Gasteiger partial charge is 0.399 e. The van der Waals surface area contributed by atoms with Crippen molar-refractivity contribution in [3.05, 3.63) is 59.7 Å². The molecule has 23 heavy (non-hydrogen) atoms. The maximum absolute atomic E-state index is 13.0. The van der Waals surface area contributed by atoms with Crippen molar-refractivity contribution in [1.82, 2.24) is 19.2 Å². The van der Waals surface area contributed by atoms with E-state index in [1.54, 1.807) is 22.8 Å². The average molecular weight is 305 g/mol. The maximum atomic E-state index is 13.0. The lowest BCUT2D eigenvalue weighted by Crippen LogP contribution is -2.13. The van der Waals surface area contributed by atoms with Gasteiger partial charge in [-0.2, -0.15) is 0 Å². The predicted octanol–water partition coefficient (Wildman–Crippen LogP) is 2.57. The monoisotopic (exact) mass is 305 g/mol. The van der Waals surface area contributed by atoms with Gasteiger partial charge >= 0.3 is 0 Å². The molecule has 0 aliphatic carbocycles. The quantitative estimate of drug-likeness (QED) is 0.548. The number of nitrogen functional groups attached to an aromatic ring is 1. The summed E-state index contributed by atoms with van der Waals surface area (Å²) in [6.07, 6.45) is 1.82. The Morgan fingerprint density at radius 2 is 1.91 bits per heavy atom. The Hall–Kier alpha value is -3.15. The van der Waals surface area contributed by atoms with Gasteiger partial charge in [-0.1, -0.05) is 0 Å². The first kappa shape index (κ1) is 13.5. The molecule has 0 spiro atoms. The number of pyridine rings is 1. The van der Waals surface area contributed by atoms with Crippen LogP contribution in [0.2, 0.25) is 0 Å². The Balaban J connectivity index is 1.88. The van der Waals surface area contributed by atoms with E-state index in [0.29, 0.717) is 16.9 Å². The van der Waals surface area contributed by atoms with E-state index in [2.05, 4.69) is 10.2 Å². The molecule has 0 radical (unpaired) electrons. The fourth-order valence-electron chi connectivity index (χ4n) is 2.91. The topological polar surface area (TPSA) is 78.2 Å². The number of fused-ring (bicyclic) bond motifs is 2. The van der Waals surface area contributed by atoms with Crippen molar-refractivity contribution < 1.29 is 4.79 Å². The van der Waals surface area contributed by atoms with Gasteiger partial charge in [0.25, 0.3) is 5.91 Å². The Morgan fingerprint density at radius 3 is 2.74 bits per heavy atom. The van der Waals surface area contributed by atoms with Gasteiger partial charge in [-0.25, -0.2) is 0 Å². The number of nitrogens with two attached hydrogens (primary N) is 1. The molecule has 4 aromatic rings. The second kappa shape index (κ2) is 4.67. The first-order valence-corrected chi connectivity index (χ1v) is 7.28. The summed E-state index contributed by atoms with van der Waals surface area (Å²) in [6, 6.07) is 11.0. The minimum atomic E-state index is -0.0922. The van der Waals surface area contributed by atoms with E-state index < -0.39 is 0 Å². The smallest absolute Gasteiger partial charge is 0.262 e. The van der Waals surface area contributed by atoms with Gasteiger partial charge in [-0.05, 0) is 50.2 Å². The highest BCUT2D eigenvalue weighted by molar-refractivity contribution is 6.03. The lowest BCUT2D eigenvalue weighted by Gasteiger charge is -2.07. The molecule has 0 saturated carbocycles. The summed E-state index contributed by atoms with van der Waals surface area (Å²) >= 11 is 0. The van der Waals surface area contributed by atoms with Crippen LogP contribution < -0.4 is 5.73 Å². The van der Waals surface area contributed by atoms with Gasteiger partial charge in [0.2, 0.25) is 0 Å². The fraction of sp³-hybridized carbons (Fsp3) is 0.118. The molecule has 1 aromatic carbocycles. The Labute approximate surface area is 132 Å². The molecule has 0 saturated heterocycles. The van der Waals surface area contributed by atoms with E-state index in [0.717, 1.165) is 22.4 Å². The fourth-order valence-corrected chi connectivity index (χ4v) is 2.91. The van der Waals surface area contributed by atoms with E-state index in [1.807, 2.05) is 42.6 Å². The normalized spacial score (nSPS) is 11.4. The van der Waals surface area contributed by atoms with Crippen LogP contribution in [0, 0.1) is 13.8 Å². The summed E-state index contributed by atoms with van der Waals surface area (Å²) in [6.45, 7) is 3.78. The summed E-state index contributed by atoms with van der Waals surface area (Å²) in [5.74, 6) is 0.697. The molecule has 3 heterocycles. The number of carbonyl (C=O) groups excluding carboxylic acids is 1. The van der Waals surface area contributed by atoms with Gasteiger partial charge in [-0.15, -0.1) is 10.2 Å². The van der Waals surface area contributed by atoms with Gasteiger partial charge in [0.1, 0.15) is 5.82 Å². The Bertz CT molecular complexity index is 1070. The lowest BCUT2D eigenvalue weighted by molar-refractivity contribution is 0.0963. The van der Waals surface area contributed by atoms with Crippen molar-refractivity contribution >= 4 is 28.1 Å². The highest BCUT2D eigenvalue weighted by atomic mass is 16.2. The molecule has 0 fully saturated rings. The molecule has 0 bridgehead atoms. The van der Waals surface area contributed by atoms with Crippen molar-refractivity contribution in [1.29, 1.82) is 0 Å². The number of nitrogens with zero attached hydrogens (tertiary/aromatic N) is 4. The molecule has 0 atom stereocenters. The molecular weight excluding hydrogens is 290 g/mol. The lowest BCUT2D eigenvalue weighted by atomic mass is 10.2. The van der Waals surface area contributed by atoms with Gasteiger partial charge in [0.05, 0.1) is 5.52 Å². The number of rotatable bonds is 1. The van der Waals surface area contributed by atoms with Crippen molar-refractivity contribution in [3.8, 4) is 0 Å². The minimum absolute atomic E-state index is 0.0922. The van der Waals surface area contributed by atoms with Crippen LogP contribution in [0.25, 0.3) is 16.6 Å². The first-order valence-electron chi connectivity index (χ1n) is 7.28. The van der Waals surface area contributed by atoms with Crippen molar-refractivity contribution in [2.45, 2.75) is 13.8 Å². The summed E-state index contributed by atoms with van der Waals surface area (Å²) in [7, 11) is 0.